The van der Waals surface area contributed by atoms with Gasteiger partial charge in [0, 0.05) is 11.3 Å². The Labute approximate surface area is 233 Å². The molecule has 37 heavy (non-hydrogen) atoms. The topological polar surface area (TPSA) is 69.6 Å². The van der Waals surface area contributed by atoms with Crippen molar-refractivity contribution in [1.82, 2.24) is 5.32 Å². The molecule has 0 aliphatic heterocycles. The highest BCUT2D eigenvalue weighted by Gasteiger charge is 2.62. The van der Waals surface area contributed by atoms with Gasteiger partial charge >= 0.3 is 0 Å². The normalized spacial score (nSPS) is 43.0. The lowest BCUT2D eigenvalue weighted by atomic mass is 9.43. The molecule has 0 spiro atoms. The second-order valence-corrected chi connectivity index (χ2v) is 15.8. The first-order chi connectivity index (χ1) is 17.4. The lowest BCUT2D eigenvalue weighted by Gasteiger charge is -2.62. The Kier molecular flexibility index (Phi) is 7.86. The van der Waals surface area contributed by atoms with Gasteiger partial charge in [0.15, 0.2) is 0 Å². The fourth-order valence-corrected chi connectivity index (χ4v) is 11.2. The lowest BCUT2D eigenvalue weighted by molar-refractivity contribution is -0.174. The first-order valence-electron chi connectivity index (χ1n) is 14.8. The van der Waals surface area contributed by atoms with Crippen molar-refractivity contribution in [3.05, 3.63) is 21.3 Å². The summed E-state index contributed by atoms with van der Waals surface area (Å²) in [6.45, 7) is 11.5. The first-order valence-corrected chi connectivity index (χ1v) is 16.0. The van der Waals surface area contributed by atoms with Gasteiger partial charge in [0.2, 0.25) is 5.91 Å². The van der Waals surface area contributed by atoms with E-state index in [-0.39, 0.29) is 35.0 Å². The summed E-state index contributed by atoms with van der Waals surface area (Å²) < 4.78 is 0.762. The zero-order valence-electron chi connectivity index (χ0n) is 23.4. The second-order valence-electron chi connectivity index (χ2n) is 14.1. The molecule has 4 fully saturated rings. The van der Waals surface area contributed by atoms with Crippen molar-refractivity contribution in [2.75, 3.05) is 0 Å². The predicted octanol–water partition coefficient (Wildman–Crippen LogP) is 7.23. The molecule has 0 aromatic carbocycles. The van der Waals surface area contributed by atoms with E-state index in [4.69, 9.17) is 11.6 Å². The third-order valence-electron chi connectivity index (χ3n) is 11.8. The maximum absolute atomic E-state index is 13.3. The zero-order chi connectivity index (χ0) is 26.7. The lowest BCUT2D eigenvalue weighted by Crippen LogP contribution is -2.58. The molecule has 4 aliphatic rings. The largest absolute Gasteiger partial charge is 0.393 e. The smallest absolute Gasteiger partial charge is 0.220 e. The molecule has 0 saturated heterocycles. The van der Waals surface area contributed by atoms with E-state index in [1.165, 1.54) is 25.7 Å². The average molecular weight is 550 g/mol. The van der Waals surface area contributed by atoms with Gasteiger partial charge in [-0.15, -0.1) is 11.3 Å². The van der Waals surface area contributed by atoms with Crippen LogP contribution in [0, 0.1) is 52.3 Å². The number of halogens is 1. The fraction of sp³-hybridized carbons (Fsp3) is 0.839. The molecule has 1 heterocycles. The predicted molar refractivity (Wildman–Crippen MR) is 151 cm³/mol. The highest BCUT2D eigenvalue weighted by molar-refractivity contribution is 7.16. The van der Waals surface area contributed by atoms with Crippen LogP contribution < -0.4 is 5.32 Å². The Bertz CT molecular complexity index is 981. The van der Waals surface area contributed by atoms with Crippen molar-refractivity contribution in [3.63, 3.8) is 0 Å². The van der Waals surface area contributed by atoms with E-state index in [1.54, 1.807) is 11.3 Å². The highest BCUT2D eigenvalue weighted by atomic mass is 35.5. The molecule has 1 aromatic heterocycles. The van der Waals surface area contributed by atoms with Crippen molar-refractivity contribution in [2.24, 2.45) is 52.3 Å². The SMILES string of the molecule is CC(C)C(NC(=O)C[C@@H](C)C1CC[C@H]2[C@@H]3[C@H](O)C[C@@H]4C[C@@H](O)CC[C@]4(C)[C@H]3CC[C@]12C)c1ccc(Cl)s1. The number of fused-ring (bicyclic) bond motifs is 5. The van der Waals surface area contributed by atoms with E-state index in [2.05, 4.69) is 39.9 Å². The minimum atomic E-state index is -0.250. The van der Waals surface area contributed by atoms with Gasteiger partial charge < -0.3 is 15.5 Å². The standard InChI is InChI=1S/C31H48ClNO3S/c1-17(2)29(25-8-9-26(32)37-25)33-27(36)14-18(3)21-6-7-22-28-23(11-13-31(21,22)5)30(4)12-10-20(34)15-19(30)16-24(28)35/h8-9,17-24,28-29,34-35H,6-7,10-16H2,1-5H3,(H,33,36)/t18-,19+,20+,21?,22+,23+,24-,28+,29?,30+,31-/m1/s1. The summed E-state index contributed by atoms with van der Waals surface area (Å²) >= 11 is 7.74. The van der Waals surface area contributed by atoms with Gasteiger partial charge in [0.1, 0.15) is 0 Å². The number of rotatable bonds is 6. The minimum absolute atomic E-state index is 0.000334. The van der Waals surface area contributed by atoms with Gasteiger partial charge in [-0.05, 0) is 116 Å². The Balaban J connectivity index is 1.27. The van der Waals surface area contributed by atoms with E-state index >= 15 is 0 Å². The van der Waals surface area contributed by atoms with Crippen LogP contribution in [0.25, 0.3) is 0 Å². The van der Waals surface area contributed by atoms with Crippen molar-refractivity contribution in [2.45, 2.75) is 111 Å². The van der Waals surface area contributed by atoms with Crippen molar-refractivity contribution in [1.29, 1.82) is 0 Å². The van der Waals surface area contributed by atoms with Gasteiger partial charge in [-0.2, -0.15) is 0 Å². The molecule has 4 saturated carbocycles. The van der Waals surface area contributed by atoms with Crippen LogP contribution in [0.1, 0.15) is 103 Å². The van der Waals surface area contributed by atoms with Gasteiger partial charge in [0.25, 0.3) is 0 Å². The number of aliphatic hydroxyl groups excluding tert-OH is 2. The summed E-state index contributed by atoms with van der Waals surface area (Å²) in [4.78, 5) is 14.4. The third kappa shape index (κ3) is 4.93. The molecule has 208 valence electrons. The van der Waals surface area contributed by atoms with E-state index < -0.39 is 0 Å². The van der Waals surface area contributed by atoms with Gasteiger partial charge in [0.05, 0.1) is 22.6 Å². The summed E-state index contributed by atoms with van der Waals surface area (Å²) in [5.41, 5.74) is 0.447. The molecule has 0 radical (unpaired) electrons. The molecule has 3 N–H and O–H groups in total. The number of carbonyl (C=O) groups excluding carboxylic acids is 1. The van der Waals surface area contributed by atoms with E-state index in [0.717, 1.165) is 34.9 Å². The maximum Gasteiger partial charge on any atom is 0.220 e. The monoisotopic (exact) mass is 549 g/mol. The molecule has 4 aliphatic carbocycles. The molecule has 4 nitrogen and oxygen atoms in total. The first kappa shape index (κ1) is 27.9. The summed E-state index contributed by atoms with van der Waals surface area (Å²) in [5.74, 6) is 3.20. The maximum atomic E-state index is 13.3. The highest BCUT2D eigenvalue weighted by Crippen LogP contribution is 2.68. The Hall–Kier alpha value is -0.620. The van der Waals surface area contributed by atoms with Gasteiger partial charge in [-0.25, -0.2) is 0 Å². The molecule has 2 unspecified atom stereocenters. The Morgan fingerprint density at radius 2 is 1.76 bits per heavy atom. The fourth-order valence-electron chi connectivity index (χ4n) is 9.90. The van der Waals surface area contributed by atoms with E-state index in [0.29, 0.717) is 47.8 Å². The third-order valence-corrected chi connectivity index (χ3v) is 13.1. The summed E-state index contributed by atoms with van der Waals surface area (Å²) in [6.07, 6.45) is 8.58. The summed E-state index contributed by atoms with van der Waals surface area (Å²) in [7, 11) is 0. The van der Waals surface area contributed by atoms with Crippen LogP contribution in [0.15, 0.2) is 12.1 Å². The van der Waals surface area contributed by atoms with Crippen LogP contribution in [-0.4, -0.2) is 28.3 Å². The Morgan fingerprint density at radius 1 is 1.05 bits per heavy atom. The molecule has 6 heteroatoms. The van der Waals surface area contributed by atoms with Gasteiger partial charge in [-0.3, -0.25) is 4.79 Å². The number of aliphatic hydroxyl groups is 2. The molecule has 1 amide bonds. The second kappa shape index (κ2) is 10.4. The van der Waals surface area contributed by atoms with Crippen molar-refractivity contribution >= 4 is 28.8 Å². The molecular formula is C31H48ClNO3S. The number of hydrogen-bond donors (Lipinski definition) is 3. The van der Waals surface area contributed by atoms with Crippen LogP contribution in [0.4, 0.5) is 0 Å². The summed E-state index contributed by atoms with van der Waals surface area (Å²) in [5, 5.41) is 25.1. The summed E-state index contributed by atoms with van der Waals surface area (Å²) in [6, 6.07) is 3.95. The Morgan fingerprint density at radius 3 is 2.43 bits per heavy atom. The number of amides is 1. The zero-order valence-corrected chi connectivity index (χ0v) is 25.0. The number of hydrogen-bond acceptors (Lipinski definition) is 4. The van der Waals surface area contributed by atoms with Crippen LogP contribution in [0.2, 0.25) is 4.34 Å². The van der Waals surface area contributed by atoms with Crippen molar-refractivity contribution < 1.29 is 15.0 Å². The van der Waals surface area contributed by atoms with E-state index in [9.17, 15) is 15.0 Å². The van der Waals surface area contributed by atoms with E-state index in [1.807, 2.05) is 12.1 Å². The quantitative estimate of drug-likeness (QED) is 0.350. The molecule has 1 aromatic rings. The minimum Gasteiger partial charge on any atom is -0.393 e. The van der Waals surface area contributed by atoms with Gasteiger partial charge in [-0.1, -0.05) is 46.2 Å². The molecular weight excluding hydrogens is 502 g/mol. The average Bonchev–Trinajstić information content (AvgIpc) is 3.41. The van der Waals surface area contributed by atoms with Crippen LogP contribution >= 0.6 is 22.9 Å². The number of carbonyl (C=O) groups is 1. The van der Waals surface area contributed by atoms with Crippen LogP contribution in [0.5, 0.6) is 0 Å². The molecule has 0 bridgehead atoms. The van der Waals surface area contributed by atoms with Crippen molar-refractivity contribution in [3.8, 4) is 0 Å². The van der Waals surface area contributed by atoms with Crippen LogP contribution in [-0.2, 0) is 4.79 Å². The number of nitrogens with one attached hydrogen (secondary N) is 1. The molecule has 11 atom stereocenters. The molecule has 5 rings (SSSR count). The number of thiophene rings is 1. The van der Waals surface area contributed by atoms with Crippen LogP contribution in [0.3, 0.4) is 0 Å².